The molecule has 6 nitrogen and oxygen atoms in total. The van der Waals surface area contributed by atoms with E-state index in [-0.39, 0.29) is 30.3 Å². The van der Waals surface area contributed by atoms with Crippen LogP contribution in [0.4, 0.5) is 4.79 Å². The Balaban J connectivity index is 1.42. The highest BCUT2D eigenvalue weighted by atomic mass is 32.2. The summed E-state index contributed by atoms with van der Waals surface area (Å²) in [7, 11) is -1.58. The number of amides is 1. The summed E-state index contributed by atoms with van der Waals surface area (Å²) in [6.07, 6.45) is 6.08. The fraction of sp³-hybridized carbons (Fsp3) is 0.632. The smallest absolute Gasteiger partial charge is 0.410 e. The number of hydrogen-bond acceptors (Lipinski definition) is 5. The highest BCUT2D eigenvalue weighted by molar-refractivity contribution is 7.86. The summed E-state index contributed by atoms with van der Waals surface area (Å²) >= 11 is 0. The van der Waals surface area contributed by atoms with Gasteiger partial charge in [-0.2, -0.15) is 8.42 Å². The second kappa shape index (κ2) is 7.56. The first-order chi connectivity index (χ1) is 12.3. The largest absolute Gasteiger partial charge is 0.445 e. The lowest BCUT2D eigenvalue weighted by Gasteiger charge is -2.51. The maximum Gasteiger partial charge on any atom is 0.410 e. The van der Waals surface area contributed by atoms with Crippen molar-refractivity contribution >= 4 is 16.2 Å². The van der Waals surface area contributed by atoms with Crippen LogP contribution in [0.3, 0.4) is 0 Å². The molecule has 1 aromatic rings. The zero-order valence-corrected chi connectivity index (χ0v) is 16.2. The van der Waals surface area contributed by atoms with E-state index in [4.69, 9.17) is 8.92 Å². The minimum absolute atomic E-state index is 0.171. The lowest BCUT2D eigenvalue weighted by atomic mass is 9.58. The first-order valence-electron chi connectivity index (χ1n) is 9.08. The Morgan fingerprint density at radius 3 is 2.38 bits per heavy atom. The summed E-state index contributed by atoms with van der Waals surface area (Å²) in [5.41, 5.74) is 1.17. The molecule has 1 spiro atoms. The Kier molecular flexibility index (Phi) is 5.58. The highest BCUT2D eigenvalue weighted by Gasteiger charge is 2.48. The Bertz CT molecular complexity index is 718. The van der Waals surface area contributed by atoms with Gasteiger partial charge in [0, 0.05) is 13.1 Å². The van der Waals surface area contributed by atoms with Crippen LogP contribution in [0.25, 0.3) is 0 Å². The van der Waals surface area contributed by atoms with Crippen molar-refractivity contribution in [3.8, 4) is 0 Å². The molecule has 1 aromatic carbocycles. The molecular weight excluding hydrogens is 354 g/mol. The average Bonchev–Trinajstić information content (AvgIpc) is 2.58. The molecule has 2 fully saturated rings. The van der Waals surface area contributed by atoms with Crippen molar-refractivity contribution in [2.24, 2.45) is 5.41 Å². The van der Waals surface area contributed by atoms with Gasteiger partial charge < -0.3 is 9.64 Å². The minimum Gasteiger partial charge on any atom is -0.445 e. The fourth-order valence-electron chi connectivity index (χ4n) is 4.20. The summed E-state index contributed by atoms with van der Waals surface area (Å²) in [5, 5.41) is 0. The molecule has 0 bridgehead atoms. The molecule has 0 aliphatic heterocycles. The van der Waals surface area contributed by atoms with Crippen LogP contribution in [0.15, 0.2) is 30.3 Å². The van der Waals surface area contributed by atoms with Crippen molar-refractivity contribution in [3.63, 3.8) is 0 Å². The molecule has 0 N–H and O–H groups in total. The third-order valence-electron chi connectivity index (χ3n) is 5.69. The topological polar surface area (TPSA) is 72.9 Å². The van der Waals surface area contributed by atoms with Crippen molar-refractivity contribution < 1.29 is 22.1 Å². The lowest BCUT2D eigenvalue weighted by molar-refractivity contribution is -0.0486. The van der Waals surface area contributed by atoms with Gasteiger partial charge in [-0.05, 0) is 49.5 Å². The van der Waals surface area contributed by atoms with Crippen molar-refractivity contribution in [1.29, 1.82) is 0 Å². The van der Waals surface area contributed by atoms with E-state index in [1.807, 2.05) is 30.3 Å². The number of carbonyl (C=O) groups excluding carboxylic acids is 1. The van der Waals surface area contributed by atoms with Crippen molar-refractivity contribution in [2.75, 3.05) is 13.3 Å². The van der Waals surface area contributed by atoms with Gasteiger partial charge in [-0.3, -0.25) is 4.18 Å². The molecule has 26 heavy (non-hydrogen) atoms. The van der Waals surface area contributed by atoms with E-state index in [0.717, 1.165) is 50.3 Å². The summed E-state index contributed by atoms with van der Waals surface area (Å²) in [5.74, 6) is 0. The second-order valence-corrected chi connectivity index (χ2v) is 9.31. The van der Waals surface area contributed by atoms with E-state index in [9.17, 15) is 13.2 Å². The molecule has 0 saturated heterocycles. The van der Waals surface area contributed by atoms with Crippen LogP contribution in [-0.4, -0.2) is 44.9 Å². The molecule has 0 radical (unpaired) electrons. The lowest BCUT2D eigenvalue weighted by Crippen LogP contribution is -2.49. The summed E-state index contributed by atoms with van der Waals surface area (Å²) in [6.45, 7) is 0.283. The van der Waals surface area contributed by atoms with Crippen LogP contribution < -0.4 is 0 Å². The maximum absolute atomic E-state index is 12.3. The quantitative estimate of drug-likeness (QED) is 0.732. The van der Waals surface area contributed by atoms with E-state index in [1.165, 1.54) is 0 Å². The van der Waals surface area contributed by atoms with E-state index in [0.29, 0.717) is 0 Å². The van der Waals surface area contributed by atoms with Gasteiger partial charge in [0.15, 0.2) is 0 Å². The molecule has 3 rings (SSSR count). The van der Waals surface area contributed by atoms with E-state index >= 15 is 0 Å². The van der Waals surface area contributed by atoms with Crippen LogP contribution in [0.2, 0.25) is 0 Å². The van der Waals surface area contributed by atoms with Crippen LogP contribution in [-0.2, 0) is 25.6 Å². The molecule has 0 aromatic heterocycles. The number of benzene rings is 1. The fourth-order valence-corrected chi connectivity index (χ4v) is 4.83. The van der Waals surface area contributed by atoms with Gasteiger partial charge in [-0.25, -0.2) is 4.79 Å². The van der Waals surface area contributed by atoms with Gasteiger partial charge in [0.05, 0.1) is 12.4 Å². The Morgan fingerprint density at radius 2 is 1.81 bits per heavy atom. The number of hydrogen-bond donors (Lipinski definition) is 0. The third-order valence-corrected chi connectivity index (χ3v) is 6.31. The number of rotatable bonds is 5. The molecule has 0 heterocycles. The van der Waals surface area contributed by atoms with Gasteiger partial charge in [0.1, 0.15) is 6.61 Å². The number of ether oxygens (including phenoxy) is 1. The second-order valence-electron chi connectivity index (χ2n) is 7.71. The number of nitrogens with zero attached hydrogens (tertiary/aromatic N) is 1. The van der Waals surface area contributed by atoms with E-state index in [2.05, 4.69) is 0 Å². The Hall–Kier alpha value is -1.60. The Labute approximate surface area is 155 Å². The van der Waals surface area contributed by atoms with Crippen molar-refractivity contribution in [2.45, 2.75) is 57.3 Å². The van der Waals surface area contributed by atoms with Crippen molar-refractivity contribution in [1.82, 2.24) is 4.90 Å². The first-order valence-corrected chi connectivity index (χ1v) is 10.9. The SMILES string of the molecule is CN(C(=O)OCc1ccccc1)C1CCC2(CC1)CC(OS(C)(=O)=O)C2. The molecular formula is C19H27NO5S. The first kappa shape index (κ1) is 19.2. The molecule has 144 valence electrons. The molecule has 7 heteroatoms. The molecule has 2 aliphatic rings. The van der Waals surface area contributed by atoms with Gasteiger partial charge >= 0.3 is 6.09 Å². The van der Waals surface area contributed by atoms with E-state index in [1.54, 1.807) is 11.9 Å². The molecule has 2 aliphatic carbocycles. The van der Waals surface area contributed by atoms with Crippen molar-refractivity contribution in [3.05, 3.63) is 35.9 Å². The standard InChI is InChI=1S/C19H27NO5S/c1-20(18(21)24-14-15-6-4-3-5-7-15)16-8-10-19(11-9-16)12-17(13-19)25-26(2,22)23/h3-7,16-17H,8-14H2,1-2H3. The monoisotopic (exact) mass is 381 g/mol. The summed E-state index contributed by atoms with van der Waals surface area (Å²) in [4.78, 5) is 14.0. The summed E-state index contributed by atoms with van der Waals surface area (Å²) < 4.78 is 32.9. The summed E-state index contributed by atoms with van der Waals surface area (Å²) in [6, 6.07) is 9.83. The highest BCUT2D eigenvalue weighted by Crippen LogP contribution is 2.53. The predicted octanol–water partition coefficient (Wildman–Crippen LogP) is 3.32. The van der Waals surface area contributed by atoms with Crippen LogP contribution >= 0.6 is 0 Å². The normalized spacial score (nSPS) is 28.4. The Morgan fingerprint density at radius 1 is 1.19 bits per heavy atom. The molecule has 0 unspecified atom stereocenters. The van der Waals surface area contributed by atoms with Gasteiger partial charge in [0.2, 0.25) is 0 Å². The van der Waals surface area contributed by atoms with Crippen LogP contribution in [0, 0.1) is 5.41 Å². The van der Waals surface area contributed by atoms with Gasteiger partial charge in [0.25, 0.3) is 10.1 Å². The molecule has 1 amide bonds. The molecule has 0 atom stereocenters. The van der Waals surface area contributed by atoms with Crippen LogP contribution in [0.5, 0.6) is 0 Å². The maximum atomic E-state index is 12.3. The van der Waals surface area contributed by atoms with Gasteiger partial charge in [-0.15, -0.1) is 0 Å². The minimum atomic E-state index is -3.37. The van der Waals surface area contributed by atoms with Crippen LogP contribution in [0.1, 0.15) is 44.1 Å². The molecule has 2 saturated carbocycles. The van der Waals surface area contributed by atoms with Gasteiger partial charge in [-0.1, -0.05) is 30.3 Å². The number of carbonyl (C=O) groups is 1. The van der Waals surface area contributed by atoms with E-state index < -0.39 is 10.1 Å². The average molecular weight is 381 g/mol. The zero-order chi connectivity index (χ0) is 18.8. The predicted molar refractivity (Wildman–Crippen MR) is 98.0 cm³/mol. The zero-order valence-electron chi connectivity index (χ0n) is 15.4. The third kappa shape index (κ3) is 4.76.